The number of thiazole rings is 1. The zero-order chi connectivity index (χ0) is 21.9. The van der Waals surface area contributed by atoms with Crippen LogP contribution in [0.15, 0.2) is 60.8 Å². The van der Waals surface area contributed by atoms with Gasteiger partial charge in [-0.15, -0.1) is 0 Å². The molecule has 1 fully saturated rings. The standard InChI is InChI=1S/C24H22ClN5OS/c25-18-16-26-23(29-13-6-7-14-29)28-21(18)22(31)30(15-12-17-8-2-1-3-9-17)24-27-19-10-4-5-11-20(19)32-24/h1-5,8-11,16H,6-7,12-15H2. The summed E-state index contributed by atoms with van der Waals surface area (Å²) < 4.78 is 1.03. The smallest absolute Gasteiger partial charge is 0.280 e. The molecule has 1 aliphatic rings. The molecular formula is C24H22ClN5OS. The fourth-order valence-electron chi connectivity index (χ4n) is 3.85. The molecule has 1 amide bonds. The van der Waals surface area contributed by atoms with Gasteiger partial charge in [0, 0.05) is 19.6 Å². The Morgan fingerprint density at radius 1 is 1.03 bits per heavy atom. The van der Waals surface area contributed by atoms with Crippen molar-refractivity contribution in [3.63, 3.8) is 0 Å². The Balaban J connectivity index is 1.50. The SMILES string of the molecule is O=C(c1nc(N2CCCC2)ncc1Cl)N(CCc1ccccc1)c1nc2ccccc2s1. The molecule has 0 unspecified atom stereocenters. The molecule has 4 aromatic rings. The first-order valence-electron chi connectivity index (χ1n) is 10.7. The zero-order valence-electron chi connectivity index (χ0n) is 17.4. The molecule has 3 heterocycles. The number of para-hydroxylation sites is 1. The third-order valence-electron chi connectivity index (χ3n) is 5.55. The molecule has 2 aromatic carbocycles. The minimum absolute atomic E-state index is 0.218. The van der Waals surface area contributed by atoms with Crippen LogP contribution in [0, 0.1) is 0 Å². The number of amides is 1. The van der Waals surface area contributed by atoms with E-state index in [2.05, 4.69) is 27.0 Å². The Hall–Kier alpha value is -3.03. The Morgan fingerprint density at radius 2 is 1.78 bits per heavy atom. The van der Waals surface area contributed by atoms with Crippen LogP contribution in [0.2, 0.25) is 5.02 Å². The molecular weight excluding hydrogens is 442 g/mol. The molecule has 0 bridgehead atoms. The molecule has 0 atom stereocenters. The molecule has 0 saturated carbocycles. The van der Waals surface area contributed by atoms with Crippen LogP contribution in [0.4, 0.5) is 11.1 Å². The van der Waals surface area contributed by atoms with E-state index in [1.807, 2.05) is 42.5 Å². The van der Waals surface area contributed by atoms with Crippen LogP contribution in [0.3, 0.4) is 0 Å². The highest BCUT2D eigenvalue weighted by atomic mass is 35.5. The van der Waals surface area contributed by atoms with E-state index in [0.717, 1.165) is 41.7 Å². The van der Waals surface area contributed by atoms with Crippen molar-refractivity contribution in [1.82, 2.24) is 15.0 Å². The van der Waals surface area contributed by atoms with Crippen molar-refractivity contribution >= 4 is 50.1 Å². The summed E-state index contributed by atoms with van der Waals surface area (Å²) in [6, 6.07) is 18.0. The Bertz CT molecular complexity index is 1210. The number of benzene rings is 2. The molecule has 1 saturated heterocycles. The predicted molar refractivity (Wildman–Crippen MR) is 130 cm³/mol. The third kappa shape index (κ3) is 4.31. The number of fused-ring (bicyclic) bond motifs is 1. The van der Waals surface area contributed by atoms with Gasteiger partial charge in [-0.25, -0.2) is 15.0 Å². The first-order chi connectivity index (χ1) is 15.7. The molecule has 2 aromatic heterocycles. The summed E-state index contributed by atoms with van der Waals surface area (Å²) in [5.41, 5.74) is 2.24. The minimum atomic E-state index is -0.257. The van der Waals surface area contributed by atoms with E-state index >= 15 is 0 Å². The van der Waals surface area contributed by atoms with Crippen LogP contribution >= 0.6 is 22.9 Å². The Morgan fingerprint density at radius 3 is 2.56 bits per heavy atom. The number of hydrogen-bond acceptors (Lipinski definition) is 6. The van der Waals surface area contributed by atoms with Gasteiger partial charge in [0.2, 0.25) is 5.95 Å². The van der Waals surface area contributed by atoms with Crippen molar-refractivity contribution < 1.29 is 4.79 Å². The number of nitrogens with zero attached hydrogens (tertiary/aromatic N) is 5. The average Bonchev–Trinajstić information content (AvgIpc) is 3.50. The van der Waals surface area contributed by atoms with Crippen molar-refractivity contribution in [3.8, 4) is 0 Å². The molecule has 1 aliphatic heterocycles. The molecule has 162 valence electrons. The molecule has 0 aliphatic carbocycles. The fourth-order valence-corrected chi connectivity index (χ4v) is 5.01. The highest BCUT2D eigenvalue weighted by Crippen LogP contribution is 2.31. The summed E-state index contributed by atoms with van der Waals surface area (Å²) >= 11 is 7.91. The van der Waals surface area contributed by atoms with Gasteiger partial charge in [-0.1, -0.05) is 65.4 Å². The van der Waals surface area contributed by atoms with Gasteiger partial charge >= 0.3 is 0 Å². The van der Waals surface area contributed by atoms with E-state index in [1.54, 1.807) is 4.90 Å². The van der Waals surface area contributed by atoms with Gasteiger partial charge in [0.15, 0.2) is 10.8 Å². The van der Waals surface area contributed by atoms with Crippen LogP contribution in [0.25, 0.3) is 10.2 Å². The number of rotatable bonds is 6. The monoisotopic (exact) mass is 463 g/mol. The summed E-state index contributed by atoms with van der Waals surface area (Å²) in [7, 11) is 0. The van der Waals surface area contributed by atoms with E-state index in [0.29, 0.717) is 24.0 Å². The molecule has 0 spiro atoms. The molecule has 0 N–H and O–H groups in total. The molecule has 8 heteroatoms. The average molecular weight is 464 g/mol. The summed E-state index contributed by atoms with van der Waals surface area (Å²) in [5, 5.41) is 0.897. The van der Waals surface area contributed by atoms with E-state index in [9.17, 15) is 4.79 Å². The number of hydrogen-bond donors (Lipinski definition) is 0. The van der Waals surface area contributed by atoms with Crippen LogP contribution in [0.1, 0.15) is 28.9 Å². The maximum Gasteiger partial charge on any atom is 0.280 e. The van der Waals surface area contributed by atoms with Crippen LogP contribution in [0.5, 0.6) is 0 Å². The summed E-state index contributed by atoms with van der Waals surface area (Å²) in [6.07, 6.45) is 4.43. The molecule has 0 radical (unpaired) electrons. The van der Waals surface area contributed by atoms with Gasteiger partial charge in [0.05, 0.1) is 21.4 Å². The quantitative estimate of drug-likeness (QED) is 0.392. The van der Waals surface area contributed by atoms with E-state index in [4.69, 9.17) is 16.6 Å². The van der Waals surface area contributed by atoms with Gasteiger partial charge < -0.3 is 4.90 Å². The Kier molecular flexibility index (Phi) is 6.01. The van der Waals surface area contributed by atoms with E-state index in [1.165, 1.54) is 17.5 Å². The first-order valence-corrected chi connectivity index (χ1v) is 11.9. The van der Waals surface area contributed by atoms with Crippen LogP contribution < -0.4 is 9.80 Å². The van der Waals surface area contributed by atoms with Crippen molar-refractivity contribution in [2.24, 2.45) is 0 Å². The lowest BCUT2D eigenvalue weighted by atomic mass is 10.1. The van der Waals surface area contributed by atoms with Crippen LogP contribution in [-0.2, 0) is 6.42 Å². The minimum Gasteiger partial charge on any atom is -0.341 e. The van der Waals surface area contributed by atoms with E-state index < -0.39 is 0 Å². The van der Waals surface area contributed by atoms with Crippen LogP contribution in [-0.4, -0.2) is 40.5 Å². The van der Waals surface area contributed by atoms with Crippen molar-refractivity contribution in [2.45, 2.75) is 19.3 Å². The second kappa shape index (κ2) is 9.22. The lowest BCUT2D eigenvalue weighted by Gasteiger charge is -2.21. The molecule has 5 rings (SSSR count). The Labute approximate surface area is 195 Å². The number of aromatic nitrogens is 3. The lowest BCUT2D eigenvalue weighted by molar-refractivity contribution is 0.0982. The number of carbonyl (C=O) groups is 1. The van der Waals surface area contributed by atoms with Gasteiger partial charge in [-0.2, -0.15) is 0 Å². The maximum absolute atomic E-state index is 13.7. The lowest BCUT2D eigenvalue weighted by Crippen LogP contribution is -2.34. The summed E-state index contributed by atoms with van der Waals surface area (Å²) in [4.78, 5) is 31.2. The second-order valence-electron chi connectivity index (χ2n) is 7.72. The highest BCUT2D eigenvalue weighted by molar-refractivity contribution is 7.22. The normalized spacial score (nSPS) is 13.6. The van der Waals surface area contributed by atoms with Gasteiger partial charge in [-0.3, -0.25) is 9.69 Å². The number of halogens is 1. The van der Waals surface area contributed by atoms with Gasteiger partial charge in [-0.05, 0) is 37.0 Å². The van der Waals surface area contributed by atoms with Crippen molar-refractivity contribution in [2.75, 3.05) is 29.4 Å². The summed E-state index contributed by atoms with van der Waals surface area (Å²) in [6.45, 7) is 2.26. The largest absolute Gasteiger partial charge is 0.341 e. The topological polar surface area (TPSA) is 62.2 Å². The summed E-state index contributed by atoms with van der Waals surface area (Å²) in [5.74, 6) is 0.301. The second-order valence-corrected chi connectivity index (χ2v) is 9.13. The van der Waals surface area contributed by atoms with Crippen molar-refractivity contribution in [3.05, 3.63) is 77.1 Å². The zero-order valence-corrected chi connectivity index (χ0v) is 19.0. The third-order valence-corrected chi connectivity index (χ3v) is 6.88. The van der Waals surface area contributed by atoms with E-state index in [-0.39, 0.29) is 16.6 Å². The fraction of sp³-hybridized carbons (Fsp3) is 0.250. The molecule has 6 nitrogen and oxygen atoms in total. The maximum atomic E-state index is 13.7. The highest BCUT2D eigenvalue weighted by Gasteiger charge is 2.26. The van der Waals surface area contributed by atoms with Gasteiger partial charge in [0.1, 0.15) is 0 Å². The number of anilines is 2. The molecule has 32 heavy (non-hydrogen) atoms. The first kappa shape index (κ1) is 20.8. The number of carbonyl (C=O) groups excluding carboxylic acids is 1. The predicted octanol–water partition coefficient (Wildman–Crippen LogP) is 5.23. The van der Waals surface area contributed by atoms with Crippen molar-refractivity contribution in [1.29, 1.82) is 0 Å². The van der Waals surface area contributed by atoms with Gasteiger partial charge in [0.25, 0.3) is 5.91 Å².